The summed E-state index contributed by atoms with van der Waals surface area (Å²) in [5, 5.41) is 15.0. The van der Waals surface area contributed by atoms with E-state index in [0.29, 0.717) is 31.5 Å². The van der Waals surface area contributed by atoms with Gasteiger partial charge in [-0.2, -0.15) is 4.98 Å². The number of anilines is 1. The number of aliphatic hydroxyl groups is 1. The van der Waals surface area contributed by atoms with Crippen molar-refractivity contribution < 1.29 is 19.4 Å². The molecule has 1 amide bonds. The monoisotopic (exact) mass is 404 g/mol. The Bertz CT molecular complexity index is 832. The van der Waals surface area contributed by atoms with Gasteiger partial charge in [0.2, 0.25) is 11.8 Å². The average Bonchev–Trinajstić information content (AvgIpc) is 3.26. The van der Waals surface area contributed by atoms with Crippen LogP contribution in [0, 0.1) is 5.92 Å². The summed E-state index contributed by atoms with van der Waals surface area (Å²) in [7, 11) is 0. The van der Waals surface area contributed by atoms with Crippen LogP contribution in [0.5, 0.6) is 11.8 Å². The number of nitrogens with one attached hydrogen (secondary N) is 1. The molecular formula is C19H24N4O4S. The van der Waals surface area contributed by atoms with Crippen LogP contribution >= 0.6 is 11.3 Å². The summed E-state index contributed by atoms with van der Waals surface area (Å²) in [5.74, 6) is 1.18. The molecule has 0 radical (unpaired) electrons. The molecule has 2 aromatic heterocycles. The van der Waals surface area contributed by atoms with Gasteiger partial charge in [0.25, 0.3) is 0 Å². The van der Waals surface area contributed by atoms with Crippen LogP contribution in [-0.4, -0.2) is 47.0 Å². The molecule has 2 N–H and O–H groups in total. The number of ether oxygens (including phenoxy) is 2. The smallest absolute Gasteiger partial charge is 0.414 e. The second-order valence-corrected chi connectivity index (χ2v) is 8.66. The lowest BCUT2D eigenvalue weighted by molar-refractivity contribution is 0.141. The first-order chi connectivity index (χ1) is 13.4. The molecule has 2 fully saturated rings. The topological polar surface area (TPSA) is 96.8 Å². The molecule has 9 heteroatoms. The lowest BCUT2D eigenvalue weighted by atomic mass is 10.1. The van der Waals surface area contributed by atoms with Gasteiger partial charge in [-0.25, -0.2) is 9.78 Å². The average molecular weight is 404 g/mol. The summed E-state index contributed by atoms with van der Waals surface area (Å²) in [5.41, 5.74) is 0.159. The summed E-state index contributed by atoms with van der Waals surface area (Å²) in [6.07, 6.45) is 3.11. The summed E-state index contributed by atoms with van der Waals surface area (Å²) in [4.78, 5) is 23.0. The zero-order chi connectivity index (χ0) is 19.7. The van der Waals surface area contributed by atoms with E-state index in [1.54, 1.807) is 12.3 Å². The third kappa shape index (κ3) is 4.36. The van der Waals surface area contributed by atoms with E-state index in [1.165, 1.54) is 24.2 Å². The van der Waals surface area contributed by atoms with E-state index >= 15 is 0 Å². The maximum atomic E-state index is 12.4. The van der Waals surface area contributed by atoms with E-state index < -0.39 is 11.6 Å². The SMILES string of the molecule is CC(C)(NC(=O)Oc1ccc(N2CC(O)C2)c(OCC2CC2)n1)c1nccs1. The zero-order valence-electron chi connectivity index (χ0n) is 15.9. The first-order valence-electron chi connectivity index (χ1n) is 9.37. The first kappa shape index (κ1) is 18.9. The van der Waals surface area contributed by atoms with Crippen LogP contribution in [-0.2, 0) is 5.54 Å². The highest BCUT2D eigenvalue weighted by Gasteiger charge is 2.30. The quantitative estimate of drug-likeness (QED) is 0.732. The van der Waals surface area contributed by atoms with Gasteiger partial charge in [0, 0.05) is 30.7 Å². The molecular weight excluding hydrogens is 380 g/mol. The summed E-state index contributed by atoms with van der Waals surface area (Å²) < 4.78 is 11.3. The normalized spacial score (nSPS) is 17.2. The highest BCUT2D eigenvalue weighted by atomic mass is 32.1. The van der Waals surface area contributed by atoms with Gasteiger partial charge in [0.1, 0.15) is 10.7 Å². The fourth-order valence-electron chi connectivity index (χ4n) is 2.91. The zero-order valence-corrected chi connectivity index (χ0v) is 16.7. The van der Waals surface area contributed by atoms with Crippen molar-refractivity contribution in [3.05, 3.63) is 28.7 Å². The third-order valence-electron chi connectivity index (χ3n) is 4.75. The van der Waals surface area contributed by atoms with Gasteiger partial charge in [0.05, 0.1) is 18.2 Å². The number of rotatable bonds is 7. The lowest BCUT2D eigenvalue weighted by Gasteiger charge is -2.38. The Morgan fingerprint density at radius 3 is 2.82 bits per heavy atom. The number of carbonyl (C=O) groups is 1. The van der Waals surface area contributed by atoms with Gasteiger partial charge in [0.15, 0.2) is 0 Å². The van der Waals surface area contributed by atoms with Crippen molar-refractivity contribution >= 4 is 23.1 Å². The molecule has 0 atom stereocenters. The van der Waals surface area contributed by atoms with Gasteiger partial charge in [-0.15, -0.1) is 11.3 Å². The molecule has 8 nitrogen and oxygen atoms in total. The van der Waals surface area contributed by atoms with E-state index in [0.717, 1.165) is 10.7 Å². The van der Waals surface area contributed by atoms with E-state index in [4.69, 9.17) is 9.47 Å². The lowest BCUT2D eigenvalue weighted by Crippen LogP contribution is -2.51. The van der Waals surface area contributed by atoms with Crippen LogP contribution in [0.3, 0.4) is 0 Å². The number of β-amino-alcohol motifs (C(OH)–C–C–N with tert-alkyl or cyclic N) is 1. The number of amides is 1. The van der Waals surface area contributed by atoms with Crippen LogP contribution in [0.4, 0.5) is 10.5 Å². The van der Waals surface area contributed by atoms with E-state index in [1.807, 2.05) is 30.2 Å². The molecule has 0 unspecified atom stereocenters. The van der Waals surface area contributed by atoms with Crippen molar-refractivity contribution in [2.24, 2.45) is 5.92 Å². The Kier molecular flexibility index (Phi) is 5.11. The van der Waals surface area contributed by atoms with E-state index in [2.05, 4.69) is 15.3 Å². The van der Waals surface area contributed by atoms with Crippen LogP contribution in [0.2, 0.25) is 0 Å². The second kappa shape index (κ2) is 7.56. The molecule has 1 aliphatic heterocycles. The predicted molar refractivity (Wildman–Crippen MR) is 105 cm³/mol. The Morgan fingerprint density at radius 2 is 2.18 bits per heavy atom. The highest BCUT2D eigenvalue weighted by Crippen LogP contribution is 2.35. The maximum absolute atomic E-state index is 12.4. The summed E-state index contributed by atoms with van der Waals surface area (Å²) in [6.45, 7) is 5.42. The number of carbonyl (C=O) groups excluding carboxylic acids is 1. The van der Waals surface area contributed by atoms with Crippen molar-refractivity contribution in [3.8, 4) is 11.8 Å². The molecule has 150 valence electrons. The maximum Gasteiger partial charge on any atom is 0.414 e. The molecule has 2 aromatic rings. The number of pyridine rings is 1. The number of hydrogen-bond acceptors (Lipinski definition) is 8. The van der Waals surface area contributed by atoms with Gasteiger partial charge in [-0.1, -0.05) is 0 Å². The van der Waals surface area contributed by atoms with Crippen molar-refractivity contribution in [2.45, 2.75) is 38.3 Å². The first-order valence-corrected chi connectivity index (χ1v) is 10.3. The standard InChI is InChI=1S/C19H24N4O4S/c1-19(2,17-20-7-8-28-17)22-18(25)27-15-6-5-14(23-9-13(24)10-23)16(21-15)26-11-12-3-4-12/h5-8,12-13,24H,3-4,9-11H2,1-2H3,(H,22,25). The predicted octanol–water partition coefficient (Wildman–Crippen LogP) is 2.53. The van der Waals surface area contributed by atoms with Gasteiger partial charge in [-0.3, -0.25) is 0 Å². The molecule has 1 saturated carbocycles. The Morgan fingerprint density at radius 1 is 1.39 bits per heavy atom. The van der Waals surface area contributed by atoms with Crippen LogP contribution in [0.1, 0.15) is 31.7 Å². The number of thiazole rings is 1. The fourth-order valence-corrected chi connectivity index (χ4v) is 3.63. The molecule has 28 heavy (non-hydrogen) atoms. The van der Waals surface area contributed by atoms with Crippen LogP contribution in [0.25, 0.3) is 0 Å². The van der Waals surface area contributed by atoms with Gasteiger partial charge < -0.3 is 24.8 Å². The molecule has 0 bridgehead atoms. The molecule has 2 aliphatic rings. The highest BCUT2D eigenvalue weighted by molar-refractivity contribution is 7.09. The van der Waals surface area contributed by atoms with Crippen molar-refractivity contribution in [2.75, 3.05) is 24.6 Å². The van der Waals surface area contributed by atoms with Crippen molar-refractivity contribution in [3.63, 3.8) is 0 Å². The Balaban J connectivity index is 1.44. The van der Waals surface area contributed by atoms with Crippen LogP contribution < -0.4 is 19.7 Å². The number of hydrogen-bond donors (Lipinski definition) is 2. The van der Waals surface area contributed by atoms with Gasteiger partial charge in [-0.05, 0) is 38.7 Å². The molecule has 4 rings (SSSR count). The Labute approximate surface area is 167 Å². The largest absolute Gasteiger partial charge is 0.476 e. The second-order valence-electron chi connectivity index (χ2n) is 7.76. The molecule has 1 aliphatic carbocycles. The fraction of sp³-hybridized carbons (Fsp3) is 0.526. The molecule has 3 heterocycles. The number of aliphatic hydroxyl groups excluding tert-OH is 1. The molecule has 0 spiro atoms. The van der Waals surface area contributed by atoms with Crippen molar-refractivity contribution in [1.29, 1.82) is 0 Å². The van der Waals surface area contributed by atoms with Crippen LogP contribution in [0.15, 0.2) is 23.7 Å². The Hall–Kier alpha value is -2.39. The minimum atomic E-state index is -0.649. The summed E-state index contributed by atoms with van der Waals surface area (Å²) in [6, 6.07) is 3.45. The van der Waals surface area contributed by atoms with E-state index in [9.17, 15) is 9.90 Å². The summed E-state index contributed by atoms with van der Waals surface area (Å²) >= 11 is 1.47. The molecule has 0 aromatic carbocycles. The minimum Gasteiger partial charge on any atom is -0.476 e. The number of nitrogens with zero attached hydrogens (tertiary/aromatic N) is 3. The number of aromatic nitrogens is 2. The van der Waals surface area contributed by atoms with Gasteiger partial charge >= 0.3 is 6.09 Å². The van der Waals surface area contributed by atoms with E-state index in [-0.39, 0.29) is 12.0 Å². The third-order valence-corrected chi connectivity index (χ3v) is 5.85. The minimum absolute atomic E-state index is 0.169. The molecule has 1 saturated heterocycles. The van der Waals surface area contributed by atoms with Crippen molar-refractivity contribution in [1.82, 2.24) is 15.3 Å².